The third-order valence-corrected chi connectivity index (χ3v) is 2.86. The molecule has 0 unspecified atom stereocenters. The molecule has 0 aliphatic heterocycles. The van der Waals surface area contributed by atoms with E-state index in [0.29, 0.717) is 30.9 Å². The van der Waals surface area contributed by atoms with Gasteiger partial charge < -0.3 is 20.1 Å². The molecule has 27 heavy (non-hydrogen) atoms. The monoisotopic (exact) mass is 384 g/mol. The Morgan fingerprint density at radius 1 is 0.741 bits per heavy atom. The van der Waals surface area contributed by atoms with Crippen molar-refractivity contribution in [1.29, 1.82) is 0 Å². The minimum absolute atomic E-state index is 0.186. The SMILES string of the molecule is CCOC(=O)NC(=O)C=C(C)NCCCNC(C)=CC(=O)NC(=O)OCC. The molecule has 0 aromatic heterocycles. The first-order chi connectivity index (χ1) is 12.8. The standard InChI is InChI=1S/C17H28N4O6/c1-5-26-16(24)20-14(22)10-12(3)18-8-7-9-19-13(4)11-15(23)21-17(25)27-6-2/h10-11,18-19H,5-9H2,1-4H3,(H,20,22,24)(H,21,23,25). The fourth-order valence-electron chi connectivity index (χ4n) is 1.76. The van der Waals surface area contributed by atoms with E-state index in [2.05, 4.69) is 30.7 Å². The molecular formula is C17H28N4O6. The molecule has 0 aromatic carbocycles. The Morgan fingerprint density at radius 2 is 1.11 bits per heavy atom. The highest BCUT2D eigenvalue weighted by Crippen LogP contribution is 1.91. The third kappa shape index (κ3) is 13.9. The molecule has 0 heterocycles. The molecule has 0 aliphatic rings. The van der Waals surface area contributed by atoms with Gasteiger partial charge in [0.05, 0.1) is 13.2 Å². The first kappa shape index (κ1) is 24.0. The predicted molar refractivity (Wildman–Crippen MR) is 98.5 cm³/mol. The van der Waals surface area contributed by atoms with Crippen LogP contribution in [-0.4, -0.2) is 50.3 Å². The first-order valence-electron chi connectivity index (χ1n) is 8.58. The summed E-state index contributed by atoms with van der Waals surface area (Å²) in [6.07, 6.45) is 1.65. The molecule has 0 spiro atoms. The lowest BCUT2D eigenvalue weighted by Gasteiger charge is -2.09. The Kier molecular flexibility index (Phi) is 12.6. The summed E-state index contributed by atoms with van der Waals surface area (Å²) >= 11 is 0. The Balaban J connectivity index is 4.03. The zero-order valence-electron chi connectivity index (χ0n) is 16.1. The normalized spacial score (nSPS) is 11.3. The van der Waals surface area contributed by atoms with E-state index in [1.165, 1.54) is 12.2 Å². The molecule has 4 amide bonds. The topological polar surface area (TPSA) is 135 Å². The summed E-state index contributed by atoms with van der Waals surface area (Å²) in [5, 5.41) is 10.2. The lowest BCUT2D eigenvalue weighted by molar-refractivity contribution is -0.116. The van der Waals surface area contributed by atoms with E-state index >= 15 is 0 Å². The largest absolute Gasteiger partial charge is 0.450 e. The van der Waals surface area contributed by atoms with Crippen molar-refractivity contribution in [1.82, 2.24) is 21.3 Å². The maximum absolute atomic E-state index is 11.5. The van der Waals surface area contributed by atoms with Gasteiger partial charge in [-0.25, -0.2) is 9.59 Å². The van der Waals surface area contributed by atoms with Crippen molar-refractivity contribution in [2.24, 2.45) is 0 Å². The van der Waals surface area contributed by atoms with Crippen LogP contribution in [0.1, 0.15) is 34.1 Å². The van der Waals surface area contributed by atoms with Crippen LogP contribution in [0.25, 0.3) is 0 Å². The third-order valence-electron chi connectivity index (χ3n) is 2.86. The second-order valence-corrected chi connectivity index (χ2v) is 5.28. The summed E-state index contributed by atoms with van der Waals surface area (Å²) in [4.78, 5) is 45.2. The van der Waals surface area contributed by atoms with Crippen LogP contribution in [0.3, 0.4) is 0 Å². The van der Waals surface area contributed by atoms with E-state index in [9.17, 15) is 19.2 Å². The molecule has 10 heteroatoms. The van der Waals surface area contributed by atoms with Crippen LogP contribution in [0.15, 0.2) is 23.5 Å². The van der Waals surface area contributed by atoms with Crippen molar-refractivity contribution in [3.63, 3.8) is 0 Å². The number of ether oxygens (including phenoxy) is 2. The zero-order chi connectivity index (χ0) is 20.7. The van der Waals surface area contributed by atoms with E-state index in [-0.39, 0.29) is 13.2 Å². The van der Waals surface area contributed by atoms with Crippen molar-refractivity contribution in [2.75, 3.05) is 26.3 Å². The van der Waals surface area contributed by atoms with Crippen LogP contribution in [0, 0.1) is 0 Å². The number of alkyl carbamates (subject to hydrolysis) is 2. The van der Waals surface area contributed by atoms with Gasteiger partial charge in [-0.05, 0) is 34.1 Å². The number of carbonyl (C=O) groups is 4. The molecule has 0 rings (SSSR count). The quantitative estimate of drug-likeness (QED) is 0.322. The highest BCUT2D eigenvalue weighted by Gasteiger charge is 2.06. The van der Waals surface area contributed by atoms with E-state index < -0.39 is 24.0 Å². The average Bonchev–Trinajstić information content (AvgIpc) is 2.54. The first-order valence-corrected chi connectivity index (χ1v) is 8.58. The number of nitrogens with one attached hydrogen (secondary N) is 4. The van der Waals surface area contributed by atoms with Gasteiger partial charge in [-0.2, -0.15) is 0 Å². The summed E-state index contributed by atoms with van der Waals surface area (Å²) in [7, 11) is 0. The maximum atomic E-state index is 11.5. The number of imide groups is 2. The van der Waals surface area contributed by atoms with Crippen molar-refractivity contribution >= 4 is 24.0 Å². The molecule has 0 atom stereocenters. The molecule has 0 fully saturated rings. The predicted octanol–water partition coefficient (Wildman–Crippen LogP) is 0.909. The molecule has 152 valence electrons. The van der Waals surface area contributed by atoms with E-state index in [4.69, 9.17) is 0 Å². The summed E-state index contributed by atoms with van der Waals surface area (Å²) in [6, 6.07) is 0. The second kappa shape index (κ2) is 14.2. The molecule has 0 radical (unpaired) electrons. The highest BCUT2D eigenvalue weighted by atomic mass is 16.6. The van der Waals surface area contributed by atoms with E-state index in [1.807, 2.05) is 0 Å². The van der Waals surface area contributed by atoms with Crippen LogP contribution in [0.5, 0.6) is 0 Å². The van der Waals surface area contributed by atoms with Gasteiger partial charge in [-0.15, -0.1) is 0 Å². The summed E-state index contributed by atoms with van der Waals surface area (Å²) in [5.74, 6) is -1.13. The van der Waals surface area contributed by atoms with Crippen molar-refractivity contribution < 1.29 is 28.7 Å². The molecule has 0 aromatic rings. The van der Waals surface area contributed by atoms with Gasteiger partial charge in [0.1, 0.15) is 0 Å². The number of amides is 4. The minimum atomic E-state index is -0.787. The average molecular weight is 384 g/mol. The summed E-state index contributed by atoms with van der Waals surface area (Å²) in [5.41, 5.74) is 1.19. The van der Waals surface area contributed by atoms with Gasteiger partial charge in [-0.1, -0.05) is 0 Å². The fourth-order valence-corrected chi connectivity index (χ4v) is 1.76. The number of allylic oxidation sites excluding steroid dienone is 2. The smallest absolute Gasteiger partial charge is 0.414 e. The van der Waals surface area contributed by atoms with Gasteiger partial charge in [0.25, 0.3) is 11.8 Å². The maximum Gasteiger partial charge on any atom is 0.414 e. The van der Waals surface area contributed by atoms with Gasteiger partial charge in [0, 0.05) is 36.6 Å². The van der Waals surface area contributed by atoms with E-state index in [1.54, 1.807) is 27.7 Å². The van der Waals surface area contributed by atoms with Gasteiger partial charge in [0.2, 0.25) is 0 Å². The van der Waals surface area contributed by atoms with Crippen LogP contribution in [0.4, 0.5) is 9.59 Å². The lowest BCUT2D eigenvalue weighted by Crippen LogP contribution is -2.31. The van der Waals surface area contributed by atoms with Crippen LogP contribution >= 0.6 is 0 Å². The zero-order valence-corrected chi connectivity index (χ0v) is 16.1. The number of carbonyl (C=O) groups excluding carboxylic acids is 4. The van der Waals surface area contributed by atoms with Crippen molar-refractivity contribution in [3.05, 3.63) is 23.5 Å². The Morgan fingerprint density at radius 3 is 1.44 bits per heavy atom. The Bertz CT molecular complexity index is 536. The molecule has 0 bridgehead atoms. The molecule has 0 saturated carbocycles. The number of hydrogen-bond acceptors (Lipinski definition) is 8. The molecule has 10 nitrogen and oxygen atoms in total. The van der Waals surface area contributed by atoms with Gasteiger partial charge >= 0.3 is 12.2 Å². The molecular weight excluding hydrogens is 356 g/mol. The molecule has 0 aliphatic carbocycles. The van der Waals surface area contributed by atoms with E-state index in [0.717, 1.165) is 0 Å². The second-order valence-electron chi connectivity index (χ2n) is 5.28. The van der Waals surface area contributed by atoms with Gasteiger partial charge in [0.15, 0.2) is 0 Å². The number of rotatable bonds is 10. The van der Waals surface area contributed by atoms with Crippen LogP contribution < -0.4 is 21.3 Å². The van der Waals surface area contributed by atoms with Crippen molar-refractivity contribution in [3.8, 4) is 0 Å². The fraction of sp³-hybridized carbons (Fsp3) is 0.529. The number of hydrogen-bond donors (Lipinski definition) is 4. The highest BCUT2D eigenvalue weighted by molar-refractivity contribution is 5.99. The van der Waals surface area contributed by atoms with Crippen molar-refractivity contribution in [2.45, 2.75) is 34.1 Å². The summed E-state index contributed by atoms with van der Waals surface area (Å²) < 4.78 is 9.20. The Labute approximate surface area is 158 Å². The van der Waals surface area contributed by atoms with Crippen LogP contribution in [-0.2, 0) is 19.1 Å². The minimum Gasteiger partial charge on any atom is -0.450 e. The molecule has 4 N–H and O–H groups in total. The Hall–Kier alpha value is -3.04. The van der Waals surface area contributed by atoms with Crippen LogP contribution in [0.2, 0.25) is 0 Å². The lowest BCUT2D eigenvalue weighted by atomic mass is 10.3. The molecule has 0 saturated heterocycles. The summed E-state index contributed by atoms with van der Waals surface area (Å²) in [6.45, 7) is 8.20. The van der Waals surface area contributed by atoms with Gasteiger partial charge in [-0.3, -0.25) is 20.2 Å².